The fourth-order valence-corrected chi connectivity index (χ4v) is 2.91. The zero-order valence-corrected chi connectivity index (χ0v) is 12.6. The summed E-state index contributed by atoms with van der Waals surface area (Å²) < 4.78 is 5.26. The van der Waals surface area contributed by atoms with Gasteiger partial charge in [0.2, 0.25) is 0 Å². The quantitative estimate of drug-likeness (QED) is 0.841. The molecule has 1 amide bonds. The molecule has 1 aliphatic heterocycles. The SMILES string of the molecule is COc1ccc2c(c1)CCCN2C(=O)c1ccccc1Cl. The summed E-state index contributed by atoms with van der Waals surface area (Å²) in [5.41, 5.74) is 2.64. The Hall–Kier alpha value is -2.00. The van der Waals surface area contributed by atoms with E-state index in [0.717, 1.165) is 29.8 Å². The van der Waals surface area contributed by atoms with Gasteiger partial charge in [-0.2, -0.15) is 0 Å². The molecule has 2 aromatic carbocycles. The molecule has 0 N–H and O–H groups in total. The molecule has 0 saturated heterocycles. The molecular weight excluding hydrogens is 286 g/mol. The summed E-state index contributed by atoms with van der Waals surface area (Å²) in [5, 5.41) is 0.489. The summed E-state index contributed by atoms with van der Waals surface area (Å²) in [6, 6.07) is 13.0. The van der Waals surface area contributed by atoms with Gasteiger partial charge in [0.1, 0.15) is 5.75 Å². The van der Waals surface area contributed by atoms with E-state index in [-0.39, 0.29) is 5.91 Å². The highest BCUT2D eigenvalue weighted by atomic mass is 35.5. The van der Waals surface area contributed by atoms with E-state index in [0.29, 0.717) is 17.1 Å². The number of methoxy groups -OCH3 is 1. The average molecular weight is 302 g/mol. The number of nitrogens with zero attached hydrogens (tertiary/aromatic N) is 1. The van der Waals surface area contributed by atoms with Crippen LogP contribution < -0.4 is 9.64 Å². The minimum Gasteiger partial charge on any atom is -0.497 e. The lowest BCUT2D eigenvalue weighted by Crippen LogP contribution is -2.35. The number of hydrogen-bond acceptors (Lipinski definition) is 2. The zero-order chi connectivity index (χ0) is 14.8. The van der Waals surface area contributed by atoms with Crippen molar-refractivity contribution in [2.24, 2.45) is 0 Å². The summed E-state index contributed by atoms with van der Waals surface area (Å²) >= 11 is 6.15. The van der Waals surface area contributed by atoms with Crippen LogP contribution in [0.2, 0.25) is 5.02 Å². The number of amides is 1. The Labute approximate surface area is 129 Å². The molecule has 3 rings (SSSR count). The second-order valence-corrected chi connectivity index (χ2v) is 5.44. The summed E-state index contributed by atoms with van der Waals surface area (Å²) in [6.07, 6.45) is 1.90. The first kappa shape index (κ1) is 14.0. The number of rotatable bonds is 2. The van der Waals surface area contributed by atoms with Gasteiger partial charge in [0.25, 0.3) is 5.91 Å². The molecule has 21 heavy (non-hydrogen) atoms. The van der Waals surface area contributed by atoms with Crippen molar-refractivity contribution in [2.45, 2.75) is 12.8 Å². The third-order valence-electron chi connectivity index (χ3n) is 3.75. The number of aryl methyl sites for hydroxylation is 1. The van der Waals surface area contributed by atoms with E-state index in [9.17, 15) is 4.79 Å². The zero-order valence-electron chi connectivity index (χ0n) is 11.8. The number of carbonyl (C=O) groups excluding carboxylic acids is 1. The van der Waals surface area contributed by atoms with Gasteiger partial charge in [0, 0.05) is 12.2 Å². The Kier molecular flexibility index (Phi) is 3.84. The summed E-state index contributed by atoms with van der Waals surface area (Å²) in [4.78, 5) is 14.6. The fourth-order valence-electron chi connectivity index (χ4n) is 2.69. The first-order valence-electron chi connectivity index (χ1n) is 6.94. The Bertz CT molecular complexity index is 684. The van der Waals surface area contributed by atoms with E-state index >= 15 is 0 Å². The van der Waals surface area contributed by atoms with Gasteiger partial charge >= 0.3 is 0 Å². The summed E-state index contributed by atoms with van der Waals surface area (Å²) in [6.45, 7) is 0.712. The van der Waals surface area contributed by atoms with Crippen LogP contribution in [0.3, 0.4) is 0 Å². The van der Waals surface area contributed by atoms with E-state index in [1.165, 1.54) is 0 Å². The van der Waals surface area contributed by atoms with Gasteiger partial charge in [0.05, 0.1) is 17.7 Å². The maximum atomic E-state index is 12.7. The second-order valence-electron chi connectivity index (χ2n) is 5.03. The molecule has 2 aromatic rings. The smallest absolute Gasteiger partial charge is 0.259 e. The molecule has 0 fully saturated rings. The fraction of sp³-hybridized carbons (Fsp3) is 0.235. The van der Waals surface area contributed by atoms with Crippen LogP contribution in [-0.4, -0.2) is 19.6 Å². The molecule has 1 aliphatic rings. The highest BCUT2D eigenvalue weighted by Crippen LogP contribution is 2.32. The number of ether oxygens (including phenoxy) is 1. The van der Waals surface area contributed by atoms with Crippen molar-refractivity contribution in [3.63, 3.8) is 0 Å². The third kappa shape index (κ3) is 2.61. The van der Waals surface area contributed by atoms with Crippen LogP contribution in [0.1, 0.15) is 22.3 Å². The molecule has 0 aromatic heterocycles. The van der Waals surface area contributed by atoms with Crippen molar-refractivity contribution in [1.29, 1.82) is 0 Å². The maximum Gasteiger partial charge on any atom is 0.259 e. The third-order valence-corrected chi connectivity index (χ3v) is 4.08. The van der Waals surface area contributed by atoms with Crippen molar-refractivity contribution in [1.82, 2.24) is 0 Å². The molecule has 0 unspecified atom stereocenters. The van der Waals surface area contributed by atoms with Gasteiger partial charge in [-0.05, 0) is 48.7 Å². The van der Waals surface area contributed by atoms with E-state index in [1.807, 2.05) is 30.3 Å². The molecule has 0 radical (unpaired) electrons. The Morgan fingerprint density at radius 3 is 2.81 bits per heavy atom. The summed E-state index contributed by atoms with van der Waals surface area (Å²) in [5.74, 6) is 0.771. The first-order chi connectivity index (χ1) is 10.2. The number of hydrogen-bond donors (Lipinski definition) is 0. The van der Waals surface area contributed by atoms with Crippen LogP contribution in [-0.2, 0) is 6.42 Å². The molecule has 0 saturated carbocycles. The topological polar surface area (TPSA) is 29.5 Å². The molecule has 3 nitrogen and oxygen atoms in total. The van der Waals surface area contributed by atoms with Crippen molar-refractivity contribution in [3.8, 4) is 5.75 Å². The molecule has 108 valence electrons. The molecule has 0 bridgehead atoms. The molecule has 4 heteroatoms. The number of carbonyl (C=O) groups is 1. The van der Waals surface area contributed by atoms with Gasteiger partial charge in [-0.25, -0.2) is 0 Å². The van der Waals surface area contributed by atoms with Crippen molar-refractivity contribution >= 4 is 23.2 Å². The van der Waals surface area contributed by atoms with Crippen molar-refractivity contribution in [2.75, 3.05) is 18.6 Å². The lowest BCUT2D eigenvalue weighted by atomic mass is 10.0. The van der Waals surface area contributed by atoms with Crippen molar-refractivity contribution in [3.05, 3.63) is 58.6 Å². The minimum absolute atomic E-state index is 0.0493. The van der Waals surface area contributed by atoms with Gasteiger partial charge in [-0.1, -0.05) is 23.7 Å². The van der Waals surface area contributed by atoms with Gasteiger partial charge in [-0.15, -0.1) is 0 Å². The first-order valence-corrected chi connectivity index (χ1v) is 7.32. The monoisotopic (exact) mass is 301 g/mol. The van der Waals surface area contributed by atoms with Crippen molar-refractivity contribution < 1.29 is 9.53 Å². The lowest BCUT2D eigenvalue weighted by Gasteiger charge is -2.30. The van der Waals surface area contributed by atoms with E-state index < -0.39 is 0 Å². The van der Waals surface area contributed by atoms with E-state index in [4.69, 9.17) is 16.3 Å². The summed E-state index contributed by atoms with van der Waals surface area (Å²) in [7, 11) is 1.65. The molecular formula is C17H16ClNO2. The van der Waals surface area contributed by atoms with E-state index in [1.54, 1.807) is 24.1 Å². The Balaban J connectivity index is 1.99. The molecule has 0 atom stereocenters. The average Bonchev–Trinajstić information content (AvgIpc) is 2.53. The standard InChI is InChI=1S/C17H16ClNO2/c1-21-13-8-9-16-12(11-13)5-4-10-19(16)17(20)14-6-2-3-7-15(14)18/h2-3,6-9,11H,4-5,10H2,1H3. The molecule has 0 spiro atoms. The van der Waals surface area contributed by atoms with Crippen LogP contribution in [0.4, 0.5) is 5.69 Å². The van der Waals surface area contributed by atoms with Gasteiger partial charge in [-0.3, -0.25) is 4.79 Å². The number of fused-ring (bicyclic) bond motifs is 1. The van der Waals surface area contributed by atoms with Gasteiger partial charge in [0.15, 0.2) is 0 Å². The lowest BCUT2D eigenvalue weighted by molar-refractivity contribution is 0.0985. The largest absolute Gasteiger partial charge is 0.497 e. The van der Waals surface area contributed by atoms with Crippen LogP contribution in [0.25, 0.3) is 0 Å². The number of anilines is 1. The highest BCUT2D eigenvalue weighted by Gasteiger charge is 2.25. The van der Waals surface area contributed by atoms with Crippen LogP contribution in [0.5, 0.6) is 5.75 Å². The van der Waals surface area contributed by atoms with Crippen LogP contribution in [0.15, 0.2) is 42.5 Å². The molecule has 0 aliphatic carbocycles. The molecule has 1 heterocycles. The van der Waals surface area contributed by atoms with Gasteiger partial charge < -0.3 is 9.64 Å². The normalized spacial score (nSPS) is 13.7. The van der Waals surface area contributed by atoms with E-state index in [2.05, 4.69) is 0 Å². The Morgan fingerprint density at radius 1 is 1.24 bits per heavy atom. The van der Waals surface area contributed by atoms with Crippen LogP contribution in [0, 0.1) is 0 Å². The maximum absolute atomic E-state index is 12.7. The predicted molar refractivity (Wildman–Crippen MR) is 84.4 cm³/mol. The van der Waals surface area contributed by atoms with Crippen LogP contribution >= 0.6 is 11.6 Å². The second kappa shape index (κ2) is 5.78. The Morgan fingerprint density at radius 2 is 2.05 bits per heavy atom. The number of benzene rings is 2. The number of halogens is 1. The predicted octanol–water partition coefficient (Wildman–Crippen LogP) is 3.94. The highest BCUT2D eigenvalue weighted by molar-refractivity contribution is 6.34. The minimum atomic E-state index is -0.0493.